The van der Waals surface area contributed by atoms with Gasteiger partial charge in [0.05, 0.1) is 16.1 Å². The number of hydrogen-bond donors (Lipinski definition) is 0. The number of carbonyl (C=O) groups excluding carboxylic acids is 1. The normalized spacial score (nSPS) is 16.0. The van der Waals surface area contributed by atoms with E-state index in [9.17, 15) is 4.79 Å². The Labute approximate surface area is 181 Å². The fourth-order valence-corrected chi connectivity index (χ4v) is 4.08. The molecule has 0 bridgehead atoms. The van der Waals surface area contributed by atoms with Gasteiger partial charge in [0.25, 0.3) is 5.91 Å². The van der Waals surface area contributed by atoms with Crippen LogP contribution >= 0.6 is 15.9 Å². The topological polar surface area (TPSA) is 56.6 Å². The third kappa shape index (κ3) is 5.81. The van der Waals surface area contributed by atoms with Gasteiger partial charge in [0, 0.05) is 32.7 Å². The molecular formula is C23H26BrN3O2. The molecule has 5 nitrogen and oxygen atoms in total. The molecule has 2 aromatic carbocycles. The average Bonchev–Trinajstić information content (AvgIpc) is 2.95. The summed E-state index contributed by atoms with van der Waals surface area (Å²) in [6.07, 6.45) is 0.405. The van der Waals surface area contributed by atoms with Gasteiger partial charge in [-0.15, -0.1) is 0 Å². The van der Waals surface area contributed by atoms with Gasteiger partial charge in [0.1, 0.15) is 5.75 Å². The number of nitrogens with zero attached hydrogens (tertiary/aromatic N) is 3. The van der Waals surface area contributed by atoms with E-state index >= 15 is 0 Å². The summed E-state index contributed by atoms with van der Waals surface area (Å²) in [6, 6.07) is 15.7. The first-order valence-electron chi connectivity index (χ1n) is 9.89. The van der Waals surface area contributed by atoms with E-state index in [2.05, 4.69) is 26.9 Å². The lowest BCUT2D eigenvalue weighted by molar-refractivity contribution is -0.137. The van der Waals surface area contributed by atoms with Crippen LogP contribution in [0.2, 0.25) is 0 Å². The number of hydrogen-bond acceptors (Lipinski definition) is 4. The minimum absolute atomic E-state index is 0.0256. The van der Waals surface area contributed by atoms with Crippen LogP contribution in [0.4, 0.5) is 0 Å². The Morgan fingerprint density at radius 3 is 2.62 bits per heavy atom. The molecule has 152 valence electrons. The van der Waals surface area contributed by atoms with Crippen molar-refractivity contribution < 1.29 is 9.53 Å². The monoisotopic (exact) mass is 455 g/mol. The highest BCUT2D eigenvalue weighted by molar-refractivity contribution is 9.10. The number of aryl methyl sites for hydroxylation is 1. The molecule has 0 aliphatic carbocycles. The van der Waals surface area contributed by atoms with E-state index in [4.69, 9.17) is 10.00 Å². The Hall–Kier alpha value is -2.36. The zero-order valence-electron chi connectivity index (χ0n) is 16.9. The smallest absolute Gasteiger partial charge is 0.263 e. The van der Waals surface area contributed by atoms with Crippen LogP contribution in [0.15, 0.2) is 46.9 Å². The molecule has 0 N–H and O–H groups in total. The van der Waals surface area contributed by atoms with Gasteiger partial charge in [-0.3, -0.25) is 9.69 Å². The second kappa shape index (κ2) is 9.91. The molecule has 1 unspecified atom stereocenters. The summed E-state index contributed by atoms with van der Waals surface area (Å²) in [5.41, 5.74) is 3.00. The zero-order chi connectivity index (χ0) is 20.8. The van der Waals surface area contributed by atoms with Crippen molar-refractivity contribution in [1.29, 1.82) is 5.26 Å². The lowest BCUT2D eigenvalue weighted by Crippen LogP contribution is -2.42. The fraction of sp³-hybridized carbons (Fsp3) is 0.391. The molecule has 1 aliphatic rings. The Kier molecular flexibility index (Phi) is 7.29. The predicted octanol–water partition coefficient (Wildman–Crippen LogP) is 4.13. The highest BCUT2D eigenvalue weighted by Crippen LogP contribution is 2.27. The number of benzene rings is 2. The Balaban J connectivity index is 1.55. The van der Waals surface area contributed by atoms with Gasteiger partial charge in [0.2, 0.25) is 0 Å². The molecule has 1 amide bonds. The Morgan fingerprint density at radius 1 is 1.17 bits per heavy atom. The fourth-order valence-electron chi connectivity index (χ4n) is 3.49. The second-order valence-corrected chi connectivity index (χ2v) is 8.31. The van der Waals surface area contributed by atoms with Crippen molar-refractivity contribution in [2.24, 2.45) is 0 Å². The minimum Gasteiger partial charge on any atom is -0.480 e. The maximum absolute atomic E-state index is 12.9. The summed E-state index contributed by atoms with van der Waals surface area (Å²) in [5, 5.41) is 8.92. The first-order valence-corrected chi connectivity index (χ1v) is 10.7. The third-order valence-corrected chi connectivity index (χ3v) is 5.75. The van der Waals surface area contributed by atoms with E-state index < -0.39 is 6.10 Å². The van der Waals surface area contributed by atoms with Gasteiger partial charge >= 0.3 is 0 Å². The van der Waals surface area contributed by atoms with Gasteiger partial charge in [-0.25, -0.2) is 0 Å². The van der Waals surface area contributed by atoms with Gasteiger partial charge in [-0.2, -0.15) is 5.26 Å². The van der Waals surface area contributed by atoms with Crippen molar-refractivity contribution in [3.05, 3.63) is 63.6 Å². The van der Waals surface area contributed by atoms with Gasteiger partial charge < -0.3 is 9.64 Å². The number of nitriles is 1. The molecule has 3 rings (SSSR count). The van der Waals surface area contributed by atoms with Crippen LogP contribution in [0.1, 0.15) is 30.0 Å². The van der Waals surface area contributed by atoms with Crippen LogP contribution < -0.4 is 4.74 Å². The van der Waals surface area contributed by atoms with Crippen LogP contribution in [-0.2, 0) is 11.3 Å². The Bertz CT molecular complexity index is 892. The highest BCUT2D eigenvalue weighted by Gasteiger charge is 2.25. The van der Waals surface area contributed by atoms with E-state index in [1.54, 1.807) is 0 Å². The molecule has 0 spiro atoms. The van der Waals surface area contributed by atoms with Gasteiger partial charge in [-0.05, 0) is 71.6 Å². The van der Waals surface area contributed by atoms with Crippen molar-refractivity contribution in [3.63, 3.8) is 0 Å². The lowest BCUT2D eigenvalue weighted by atomic mass is 10.1. The van der Waals surface area contributed by atoms with Crippen molar-refractivity contribution in [3.8, 4) is 11.8 Å². The average molecular weight is 456 g/mol. The van der Waals surface area contributed by atoms with Crippen LogP contribution in [0.5, 0.6) is 5.75 Å². The summed E-state index contributed by atoms with van der Waals surface area (Å²) in [6.45, 7) is 7.87. The molecule has 1 aliphatic heterocycles. The zero-order valence-corrected chi connectivity index (χ0v) is 18.5. The maximum Gasteiger partial charge on any atom is 0.263 e. The first-order chi connectivity index (χ1) is 14.0. The first kappa shape index (κ1) is 21.4. The summed E-state index contributed by atoms with van der Waals surface area (Å²) < 4.78 is 6.78. The minimum atomic E-state index is -0.529. The molecule has 0 saturated carbocycles. The molecule has 1 heterocycles. The molecule has 2 aromatic rings. The maximum atomic E-state index is 12.9. The van der Waals surface area contributed by atoms with E-state index in [1.165, 1.54) is 5.56 Å². The van der Waals surface area contributed by atoms with Crippen LogP contribution in [-0.4, -0.2) is 48.0 Å². The van der Waals surface area contributed by atoms with Gasteiger partial charge in [-0.1, -0.05) is 18.2 Å². The van der Waals surface area contributed by atoms with Crippen molar-refractivity contribution in [1.82, 2.24) is 9.80 Å². The number of amides is 1. The molecule has 29 heavy (non-hydrogen) atoms. The predicted molar refractivity (Wildman–Crippen MR) is 117 cm³/mol. The molecule has 1 saturated heterocycles. The van der Waals surface area contributed by atoms with E-state index in [1.807, 2.05) is 61.2 Å². The number of halogens is 1. The highest BCUT2D eigenvalue weighted by atomic mass is 79.9. The number of carbonyl (C=O) groups is 1. The van der Waals surface area contributed by atoms with Crippen LogP contribution in [0.3, 0.4) is 0 Å². The summed E-state index contributed by atoms with van der Waals surface area (Å²) in [7, 11) is 0. The summed E-state index contributed by atoms with van der Waals surface area (Å²) in [5.74, 6) is 0.714. The number of rotatable bonds is 5. The lowest BCUT2D eigenvalue weighted by Gasteiger charge is -2.25. The van der Waals surface area contributed by atoms with Crippen molar-refractivity contribution >= 4 is 21.8 Å². The Morgan fingerprint density at radius 2 is 1.93 bits per heavy atom. The van der Waals surface area contributed by atoms with E-state index in [0.29, 0.717) is 17.9 Å². The van der Waals surface area contributed by atoms with Gasteiger partial charge in [0.15, 0.2) is 6.10 Å². The second-order valence-electron chi connectivity index (χ2n) is 7.46. The van der Waals surface area contributed by atoms with Crippen LogP contribution in [0, 0.1) is 18.3 Å². The third-order valence-electron chi connectivity index (χ3n) is 5.13. The molecule has 1 atom stereocenters. The van der Waals surface area contributed by atoms with Crippen molar-refractivity contribution in [2.75, 3.05) is 26.2 Å². The van der Waals surface area contributed by atoms with Crippen molar-refractivity contribution in [2.45, 2.75) is 32.9 Å². The molecule has 1 fully saturated rings. The molecular weight excluding hydrogens is 430 g/mol. The van der Waals surface area contributed by atoms with Crippen LogP contribution in [0.25, 0.3) is 0 Å². The molecule has 6 heteroatoms. The largest absolute Gasteiger partial charge is 0.480 e. The molecule has 0 aromatic heterocycles. The summed E-state index contributed by atoms with van der Waals surface area (Å²) in [4.78, 5) is 17.2. The molecule has 0 radical (unpaired) electrons. The SMILES string of the molecule is Cc1ccc(OC(C)C(=O)N2CCCN(Cc3ccc(C#N)cc3)CC2)c(Br)c1. The number of ether oxygens (including phenoxy) is 1. The van der Waals surface area contributed by atoms with E-state index in [0.717, 1.165) is 42.6 Å². The standard InChI is InChI=1S/C23H26BrN3O2/c1-17-4-9-22(21(24)14-17)29-18(2)23(28)27-11-3-10-26(12-13-27)16-20-7-5-19(15-25)6-8-20/h4-9,14,18H,3,10-13,16H2,1-2H3. The quantitative estimate of drug-likeness (QED) is 0.679. The van der Waals surface area contributed by atoms with E-state index in [-0.39, 0.29) is 5.91 Å². The summed E-state index contributed by atoms with van der Waals surface area (Å²) >= 11 is 3.51.